The van der Waals surface area contributed by atoms with Crippen molar-refractivity contribution in [3.63, 3.8) is 0 Å². The monoisotopic (exact) mass is 395 g/mol. The number of anilines is 1. The van der Waals surface area contributed by atoms with E-state index in [1.807, 2.05) is 20.8 Å². The Labute approximate surface area is 167 Å². The maximum atomic E-state index is 12.5. The van der Waals surface area contributed by atoms with Crippen molar-refractivity contribution in [3.8, 4) is 17.1 Å². The predicted molar refractivity (Wildman–Crippen MR) is 106 cm³/mol. The minimum atomic E-state index is -1.09. The number of amides is 1. The third-order valence-electron chi connectivity index (χ3n) is 3.93. The van der Waals surface area contributed by atoms with Crippen molar-refractivity contribution in [1.82, 2.24) is 10.1 Å². The lowest BCUT2D eigenvalue weighted by Gasteiger charge is -2.10. The van der Waals surface area contributed by atoms with Gasteiger partial charge in [-0.25, -0.2) is 4.79 Å². The molecule has 0 fully saturated rings. The highest BCUT2D eigenvalue weighted by Gasteiger charge is 2.22. The van der Waals surface area contributed by atoms with E-state index in [9.17, 15) is 9.59 Å². The lowest BCUT2D eigenvalue weighted by atomic mass is 9.97. The first kappa shape index (κ1) is 20.1. The molecule has 0 radical (unpaired) electrons. The van der Waals surface area contributed by atoms with Gasteiger partial charge in [0.2, 0.25) is 11.7 Å². The van der Waals surface area contributed by atoms with Crippen molar-refractivity contribution < 1.29 is 24.0 Å². The molecule has 3 aromatic rings. The molecule has 2 N–H and O–H groups in total. The second kappa shape index (κ2) is 8.14. The molecule has 0 bridgehead atoms. The number of hydrogen-bond acceptors (Lipinski definition) is 6. The molecule has 3 rings (SSSR count). The fourth-order valence-electron chi connectivity index (χ4n) is 2.42. The highest BCUT2D eigenvalue weighted by molar-refractivity contribution is 6.04. The molecule has 0 saturated heterocycles. The summed E-state index contributed by atoms with van der Waals surface area (Å²) in [5.74, 6) is -0.0858. The van der Waals surface area contributed by atoms with Crippen LogP contribution in [-0.2, 0) is 10.2 Å². The van der Waals surface area contributed by atoms with E-state index in [1.165, 1.54) is 6.07 Å². The molecule has 0 aliphatic carbocycles. The van der Waals surface area contributed by atoms with Crippen molar-refractivity contribution in [3.05, 3.63) is 60.0 Å². The fraction of sp³-hybridized carbons (Fsp3) is 0.238. The van der Waals surface area contributed by atoms with Crippen LogP contribution in [0.2, 0.25) is 0 Å². The number of carbonyl (C=O) groups is 2. The quantitative estimate of drug-likeness (QED) is 0.653. The summed E-state index contributed by atoms with van der Waals surface area (Å²) < 4.78 is 10.4. The van der Waals surface area contributed by atoms with E-state index in [0.717, 1.165) is 5.56 Å². The van der Waals surface area contributed by atoms with E-state index < -0.39 is 12.6 Å². The summed E-state index contributed by atoms with van der Waals surface area (Å²) in [6.45, 7) is 5.50. The third-order valence-corrected chi connectivity index (χ3v) is 3.93. The van der Waals surface area contributed by atoms with Crippen LogP contribution in [0.1, 0.15) is 37.0 Å². The predicted octanol–water partition coefficient (Wildman–Crippen LogP) is 3.75. The van der Waals surface area contributed by atoms with Crippen LogP contribution in [0.3, 0.4) is 0 Å². The Balaban J connectivity index is 1.68. The average Bonchev–Trinajstić information content (AvgIpc) is 3.18. The van der Waals surface area contributed by atoms with Gasteiger partial charge in [0.1, 0.15) is 5.75 Å². The number of aliphatic carboxylic acids is 1. The zero-order valence-electron chi connectivity index (χ0n) is 16.3. The fourth-order valence-corrected chi connectivity index (χ4v) is 2.42. The molecule has 0 saturated carbocycles. The highest BCUT2D eigenvalue weighted by Crippen LogP contribution is 2.25. The minimum Gasteiger partial charge on any atom is -0.482 e. The number of nitrogens with one attached hydrogen (secondary N) is 1. The number of ether oxygens (including phenoxy) is 1. The first-order chi connectivity index (χ1) is 13.7. The normalized spacial score (nSPS) is 11.1. The van der Waals surface area contributed by atoms with E-state index in [0.29, 0.717) is 28.7 Å². The number of nitrogens with zero attached hydrogens (tertiary/aromatic N) is 2. The number of carboxylic acid groups (broad SMARTS) is 1. The molecule has 29 heavy (non-hydrogen) atoms. The standard InChI is InChI=1S/C21H21N3O5/c1-21(2,3)20-23-18(24-29-20)13-7-9-15(10-8-13)22-19(27)14-5-4-6-16(11-14)28-12-17(25)26/h4-11H,12H2,1-3H3,(H,22,27)(H,25,26). The van der Waals surface area contributed by atoms with Crippen LogP contribution in [0.4, 0.5) is 5.69 Å². The van der Waals surface area contributed by atoms with Crippen LogP contribution in [0.15, 0.2) is 53.1 Å². The molecule has 0 atom stereocenters. The Morgan fingerprint density at radius 3 is 2.48 bits per heavy atom. The Morgan fingerprint density at radius 2 is 1.86 bits per heavy atom. The molecule has 0 unspecified atom stereocenters. The van der Waals surface area contributed by atoms with Crippen molar-refractivity contribution >= 4 is 17.6 Å². The zero-order chi connectivity index (χ0) is 21.0. The zero-order valence-corrected chi connectivity index (χ0v) is 16.3. The topological polar surface area (TPSA) is 115 Å². The van der Waals surface area contributed by atoms with E-state index in [4.69, 9.17) is 14.4 Å². The minimum absolute atomic E-state index is 0.234. The maximum absolute atomic E-state index is 12.5. The Morgan fingerprint density at radius 1 is 1.14 bits per heavy atom. The molecule has 150 valence electrons. The van der Waals surface area contributed by atoms with Gasteiger partial charge < -0.3 is 19.7 Å². The van der Waals surface area contributed by atoms with Crippen molar-refractivity contribution in [2.75, 3.05) is 11.9 Å². The molecule has 1 amide bonds. The van der Waals surface area contributed by atoms with Crippen LogP contribution < -0.4 is 10.1 Å². The molecule has 0 aliphatic rings. The SMILES string of the molecule is CC(C)(C)c1nc(-c2ccc(NC(=O)c3cccc(OCC(=O)O)c3)cc2)no1. The van der Waals surface area contributed by atoms with Crippen molar-refractivity contribution in [2.45, 2.75) is 26.2 Å². The molecule has 0 spiro atoms. The van der Waals surface area contributed by atoms with Crippen molar-refractivity contribution in [1.29, 1.82) is 0 Å². The summed E-state index contributed by atoms with van der Waals surface area (Å²) in [7, 11) is 0. The van der Waals surface area contributed by atoms with Gasteiger partial charge in [0.25, 0.3) is 5.91 Å². The van der Waals surface area contributed by atoms with Gasteiger partial charge in [-0.05, 0) is 42.5 Å². The molecule has 1 heterocycles. The second-order valence-electron chi connectivity index (χ2n) is 7.41. The lowest BCUT2D eigenvalue weighted by Crippen LogP contribution is -2.13. The number of rotatable bonds is 6. The number of hydrogen-bond donors (Lipinski definition) is 2. The lowest BCUT2D eigenvalue weighted by molar-refractivity contribution is -0.139. The van der Waals surface area contributed by atoms with Crippen LogP contribution in [0, 0.1) is 0 Å². The van der Waals surface area contributed by atoms with Gasteiger partial charge in [-0.1, -0.05) is 32.0 Å². The van der Waals surface area contributed by atoms with Gasteiger partial charge >= 0.3 is 5.97 Å². The van der Waals surface area contributed by atoms with Crippen LogP contribution in [-0.4, -0.2) is 33.7 Å². The van der Waals surface area contributed by atoms with Crippen LogP contribution in [0.25, 0.3) is 11.4 Å². The van der Waals surface area contributed by atoms with Gasteiger partial charge in [-0.2, -0.15) is 4.98 Å². The molecular formula is C21H21N3O5. The van der Waals surface area contributed by atoms with Gasteiger partial charge in [0.05, 0.1) is 0 Å². The summed E-state index contributed by atoms with van der Waals surface area (Å²) in [5.41, 5.74) is 1.48. The first-order valence-corrected chi connectivity index (χ1v) is 8.93. The molecule has 2 aromatic carbocycles. The largest absolute Gasteiger partial charge is 0.482 e. The summed E-state index contributed by atoms with van der Waals surface area (Å²) >= 11 is 0. The average molecular weight is 395 g/mol. The maximum Gasteiger partial charge on any atom is 0.341 e. The van der Waals surface area contributed by atoms with Gasteiger partial charge in [-0.3, -0.25) is 4.79 Å². The van der Waals surface area contributed by atoms with Gasteiger partial charge in [0, 0.05) is 22.2 Å². The Hall–Kier alpha value is -3.68. The number of carboxylic acids is 1. The number of aromatic nitrogens is 2. The molecule has 0 aliphatic heterocycles. The highest BCUT2D eigenvalue weighted by atomic mass is 16.5. The Bertz CT molecular complexity index is 1020. The summed E-state index contributed by atoms with van der Waals surface area (Å²) in [6, 6.07) is 13.4. The van der Waals surface area contributed by atoms with E-state index >= 15 is 0 Å². The van der Waals surface area contributed by atoms with Gasteiger partial charge in [0.15, 0.2) is 6.61 Å². The molecule has 1 aromatic heterocycles. The smallest absolute Gasteiger partial charge is 0.341 e. The van der Waals surface area contributed by atoms with Crippen LogP contribution >= 0.6 is 0 Å². The number of carbonyl (C=O) groups excluding carboxylic acids is 1. The Kier molecular flexibility index (Phi) is 5.63. The molecular weight excluding hydrogens is 374 g/mol. The number of benzene rings is 2. The molecule has 8 nitrogen and oxygen atoms in total. The summed E-state index contributed by atoms with van der Waals surface area (Å²) in [6.07, 6.45) is 0. The van der Waals surface area contributed by atoms with Crippen molar-refractivity contribution in [2.24, 2.45) is 0 Å². The molecule has 8 heteroatoms. The van der Waals surface area contributed by atoms with Gasteiger partial charge in [-0.15, -0.1) is 0 Å². The second-order valence-corrected chi connectivity index (χ2v) is 7.41. The van der Waals surface area contributed by atoms with E-state index in [2.05, 4.69) is 15.5 Å². The summed E-state index contributed by atoms with van der Waals surface area (Å²) in [4.78, 5) is 27.5. The van der Waals surface area contributed by atoms with E-state index in [1.54, 1.807) is 42.5 Å². The van der Waals surface area contributed by atoms with E-state index in [-0.39, 0.29) is 11.3 Å². The first-order valence-electron chi connectivity index (χ1n) is 8.93. The summed E-state index contributed by atoms with van der Waals surface area (Å²) in [5, 5.41) is 15.5. The third kappa shape index (κ3) is 5.19. The van der Waals surface area contributed by atoms with Crippen LogP contribution in [0.5, 0.6) is 5.75 Å².